The first-order valence-corrected chi connectivity index (χ1v) is 10.3. The molecule has 0 saturated carbocycles. The fourth-order valence-corrected chi connectivity index (χ4v) is 4.24. The Kier molecular flexibility index (Phi) is 7.06. The van der Waals surface area contributed by atoms with Crippen molar-refractivity contribution in [1.29, 1.82) is 0 Å². The van der Waals surface area contributed by atoms with Crippen LogP contribution in [-0.4, -0.2) is 31.7 Å². The molecule has 0 unspecified atom stereocenters. The van der Waals surface area contributed by atoms with E-state index >= 15 is 0 Å². The highest BCUT2D eigenvalue weighted by Crippen LogP contribution is 2.23. The lowest BCUT2D eigenvalue weighted by Gasteiger charge is -2.18. The Bertz CT molecular complexity index is 880. The zero-order valence-electron chi connectivity index (χ0n) is 14.5. The van der Waals surface area contributed by atoms with Crippen molar-refractivity contribution in [2.45, 2.75) is 25.2 Å². The van der Waals surface area contributed by atoms with Crippen LogP contribution in [0.3, 0.4) is 0 Å². The Balaban J connectivity index is 2.06. The molecule has 2 aromatic carbocycles. The number of anilines is 1. The van der Waals surface area contributed by atoms with Gasteiger partial charge in [-0.25, -0.2) is 8.42 Å². The fourth-order valence-electron chi connectivity index (χ4n) is 2.46. The normalized spacial score (nSPS) is 11.6. The molecule has 140 valence electrons. The lowest BCUT2D eigenvalue weighted by atomic mass is 10.1. The Morgan fingerprint density at radius 2 is 1.62 bits per heavy atom. The Morgan fingerprint density at radius 3 is 2.15 bits per heavy atom. The molecule has 8 heteroatoms. The minimum Gasteiger partial charge on any atom is -0.326 e. The summed E-state index contributed by atoms with van der Waals surface area (Å²) in [6.45, 7) is 4.39. The van der Waals surface area contributed by atoms with Gasteiger partial charge in [-0.15, -0.1) is 0 Å². The molecule has 1 amide bonds. The van der Waals surface area contributed by atoms with Crippen LogP contribution in [0.5, 0.6) is 0 Å². The van der Waals surface area contributed by atoms with E-state index < -0.39 is 10.0 Å². The average Bonchev–Trinajstić information content (AvgIpc) is 2.59. The van der Waals surface area contributed by atoms with Crippen LogP contribution in [0.2, 0.25) is 10.0 Å². The van der Waals surface area contributed by atoms with Crippen LogP contribution in [0.4, 0.5) is 5.69 Å². The van der Waals surface area contributed by atoms with Crippen molar-refractivity contribution in [2.75, 3.05) is 18.4 Å². The van der Waals surface area contributed by atoms with E-state index in [1.807, 2.05) is 0 Å². The van der Waals surface area contributed by atoms with Crippen LogP contribution >= 0.6 is 23.2 Å². The van der Waals surface area contributed by atoms with Gasteiger partial charge < -0.3 is 5.32 Å². The van der Waals surface area contributed by atoms with Gasteiger partial charge in [0, 0.05) is 18.8 Å². The molecule has 0 fully saturated rings. The summed E-state index contributed by atoms with van der Waals surface area (Å²) in [7, 11) is -3.51. The molecule has 0 atom stereocenters. The van der Waals surface area contributed by atoms with Gasteiger partial charge in [-0.3, -0.25) is 4.79 Å². The van der Waals surface area contributed by atoms with E-state index in [1.165, 1.54) is 16.4 Å². The standard InChI is InChI=1S/C18H20Cl2N2O3S/c1-3-22(4-2)26(24,25)15-8-6-14(7-9-15)21-18(23)12-13-5-10-16(19)17(20)11-13/h5-11H,3-4,12H2,1-2H3,(H,21,23). The second-order valence-electron chi connectivity index (χ2n) is 5.59. The summed E-state index contributed by atoms with van der Waals surface area (Å²) in [5.74, 6) is -0.234. The number of hydrogen-bond acceptors (Lipinski definition) is 3. The molecule has 2 rings (SSSR count). The molecule has 1 N–H and O–H groups in total. The maximum atomic E-state index is 12.4. The fraction of sp³-hybridized carbons (Fsp3) is 0.278. The van der Waals surface area contributed by atoms with Gasteiger partial charge in [-0.2, -0.15) is 4.31 Å². The average molecular weight is 415 g/mol. The van der Waals surface area contributed by atoms with E-state index in [9.17, 15) is 13.2 Å². The third kappa shape index (κ3) is 4.98. The van der Waals surface area contributed by atoms with E-state index in [4.69, 9.17) is 23.2 Å². The quantitative estimate of drug-likeness (QED) is 0.737. The predicted octanol–water partition coefficient (Wildman–Crippen LogP) is 4.21. The molecule has 0 aliphatic carbocycles. The number of benzene rings is 2. The molecule has 0 heterocycles. The number of rotatable bonds is 7. The van der Waals surface area contributed by atoms with Crippen LogP contribution < -0.4 is 5.32 Å². The molecule has 5 nitrogen and oxygen atoms in total. The van der Waals surface area contributed by atoms with Gasteiger partial charge in [-0.05, 0) is 42.0 Å². The maximum Gasteiger partial charge on any atom is 0.243 e. The van der Waals surface area contributed by atoms with E-state index in [0.717, 1.165) is 5.56 Å². The summed E-state index contributed by atoms with van der Waals surface area (Å²) < 4.78 is 26.3. The van der Waals surface area contributed by atoms with Crippen LogP contribution in [0.1, 0.15) is 19.4 Å². The first-order valence-electron chi connectivity index (χ1n) is 8.12. The van der Waals surface area contributed by atoms with Crippen LogP contribution in [0.25, 0.3) is 0 Å². The number of carbonyl (C=O) groups is 1. The highest BCUT2D eigenvalue weighted by molar-refractivity contribution is 7.89. The minimum atomic E-state index is -3.51. The zero-order valence-corrected chi connectivity index (χ0v) is 16.8. The molecule has 0 spiro atoms. The van der Waals surface area contributed by atoms with Crippen molar-refractivity contribution in [2.24, 2.45) is 0 Å². The summed E-state index contributed by atoms with van der Waals surface area (Å²) >= 11 is 11.8. The number of carbonyl (C=O) groups excluding carboxylic acids is 1. The molecule has 0 saturated heterocycles. The summed E-state index contributed by atoms with van der Waals surface area (Å²) in [6, 6.07) is 11.1. The number of amides is 1. The number of halogens is 2. The number of nitrogens with zero attached hydrogens (tertiary/aromatic N) is 1. The summed E-state index contributed by atoms with van der Waals surface area (Å²) in [4.78, 5) is 12.3. The highest BCUT2D eigenvalue weighted by Gasteiger charge is 2.21. The number of sulfonamides is 1. The lowest BCUT2D eigenvalue weighted by molar-refractivity contribution is -0.115. The molecule has 26 heavy (non-hydrogen) atoms. The van der Waals surface area contributed by atoms with Gasteiger partial charge in [0.15, 0.2) is 0 Å². The highest BCUT2D eigenvalue weighted by atomic mass is 35.5. The molecule has 0 aromatic heterocycles. The van der Waals surface area contributed by atoms with Gasteiger partial charge in [0.25, 0.3) is 0 Å². The second kappa shape index (κ2) is 8.86. The maximum absolute atomic E-state index is 12.4. The van der Waals surface area contributed by atoms with Crippen LogP contribution in [0.15, 0.2) is 47.4 Å². The molecule has 0 bridgehead atoms. The van der Waals surface area contributed by atoms with E-state index in [2.05, 4.69) is 5.32 Å². The smallest absolute Gasteiger partial charge is 0.243 e. The Hall–Kier alpha value is -1.60. The van der Waals surface area contributed by atoms with Crippen LogP contribution in [0, 0.1) is 0 Å². The van der Waals surface area contributed by atoms with E-state index in [1.54, 1.807) is 44.2 Å². The molecule has 0 aliphatic heterocycles. The largest absolute Gasteiger partial charge is 0.326 e. The third-order valence-corrected chi connectivity index (χ3v) is 6.63. The lowest BCUT2D eigenvalue weighted by Crippen LogP contribution is -2.30. The predicted molar refractivity (Wildman–Crippen MR) is 105 cm³/mol. The topological polar surface area (TPSA) is 66.5 Å². The van der Waals surface area contributed by atoms with Gasteiger partial charge >= 0.3 is 0 Å². The van der Waals surface area contributed by atoms with Crippen molar-refractivity contribution in [1.82, 2.24) is 4.31 Å². The van der Waals surface area contributed by atoms with Crippen molar-refractivity contribution >= 4 is 44.8 Å². The third-order valence-electron chi connectivity index (χ3n) is 3.83. The first-order chi connectivity index (χ1) is 12.3. The molecular formula is C18H20Cl2N2O3S. The summed E-state index contributed by atoms with van der Waals surface area (Å²) in [5, 5.41) is 3.56. The summed E-state index contributed by atoms with van der Waals surface area (Å²) in [6.07, 6.45) is 0.135. The zero-order chi connectivity index (χ0) is 19.3. The first kappa shape index (κ1) is 20.7. The molecule has 0 radical (unpaired) electrons. The van der Waals surface area contributed by atoms with Crippen molar-refractivity contribution in [3.05, 3.63) is 58.1 Å². The molecular weight excluding hydrogens is 395 g/mol. The van der Waals surface area contributed by atoms with Gasteiger partial charge in [-0.1, -0.05) is 43.1 Å². The second-order valence-corrected chi connectivity index (χ2v) is 8.34. The van der Waals surface area contributed by atoms with Crippen molar-refractivity contribution in [3.63, 3.8) is 0 Å². The van der Waals surface area contributed by atoms with Crippen LogP contribution in [-0.2, 0) is 21.2 Å². The van der Waals surface area contributed by atoms with Crippen molar-refractivity contribution < 1.29 is 13.2 Å². The SMILES string of the molecule is CCN(CC)S(=O)(=O)c1ccc(NC(=O)Cc2ccc(Cl)c(Cl)c2)cc1. The van der Waals surface area contributed by atoms with E-state index in [-0.39, 0.29) is 17.2 Å². The van der Waals surface area contributed by atoms with Crippen molar-refractivity contribution in [3.8, 4) is 0 Å². The van der Waals surface area contributed by atoms with Gasteiger partial charge in [0.05, 0.1) is 21.4 Å². The monoisotopic (exact) mass is 414 g/mol. The Morgan fingerprint density at radius 1 is 1.00 bits per heavy atom. The molecule has 2 aromatic rings. The minimum absolute atomic E-state index is 0.135. The Labute approximate surface area is 164 Å². The van der Waals surface area contributed by atoms with Gasteiger partial charge in [0.1, 0.15) is 0 Å². The van der Waals surface area contributed by atoms with Gasteiger partial charge in [0.2, 0.25) is 15.9 Å². The summed E-state index contributed by atoms with van der Waals surface area (Å²) in [5.41, 5.74) is 1.26. The molecule has 0 aliphatic rings. The number of nitrogens with one attached hydrogen (secondary N) is 1. The number of hydrogen-bond donors (Lipinski definition) is 1. The van der Waals surface area contributed by atoms with E-state index in [0.29, 0.717) is 28.8 Å².